The Balaban J connectivity index is 1.23. The number of hydrogen-bond acceptors (Lipinski definition) is 6. The predicted molar refractivity (Wildman–Crippen MR) is 113 cm³/mol. The number of halogens is 1. The fourth-order valence-electron chi connectivity index (χ4n) is 5.55. The van der Waals surface area contributed by atoms with Crippen molar-refractivity contribution in [3.8, 4) is 11.3 Å². The van der Waals surface area contributed by atoms with Gasteiger partial charge in [0.05, 0.1) is 23.0 Å². The first-order valence-electron chi connectivity index (χ1n) is 10.1. The van der Waals surface area contributed by atoms with Gasteiger partial charge in [0.2, 0.25) is 0 Å². The number of carbonyl (C=O) groups excluding carboxylic acids is 2. The summed E-state index contributed by atoms with van der Waals surface area (Å²) in [5, 5.41) is 16.1. The Hall–Kier alpha value is -3.07. The number of nitro benzene ring substituents is 1. The number of amides is 2. The molecule has 7 rings (SSSR count). The van der Waals surface area contributed by atoms with Crippen LogP contribution < -0.4 is 0 Å². The van der Waals surface area contributed by atoms with E-state index in [1.54, 1.807) is 18.2 Å². The second kappa shape index (κ2) is 6.46. The Morgan fingerprint density at radius 1 is 1.10 bits per heavy atom. The molecule has 5 aliphatic rings. The number of non-ortho nitro benzene ring substituents is 1. The zero-order valence-corrected chi connectivity index (χ0v) is 17.6. The second-order valence-corrected chi connectivity index (χ2v) is 9.37. The molecule has 1 saturated heterocycles. The van der Waals surface area contributed by atoms with Gasteiger partial charge in [-0.3, -0.25) is 19.7 Å². The molecular formula is C22H16BrN3O5. The van der Waals surface area contributed by atoms with Crippen LogP contribution in [0.2, 0.25) is 0 Å². The van der Waals surface area contributed by atoms with Crippen LogP contribution in [0, 0.1) is 45.6 Å². The monoisotopic (exact) mass is 481 g/mol. The molecule has 0 radical (unpaired) electrons. The van der Waals surface area contributed by atoms with E-state index in [9.17, 15) is 19.7 Å². The van der Waals surface area contributed by atoms with Crippen molar-refractivity contribution in [2.75, 3.05) is 0 Å². The highest BCUT2D eigenvalue weighted by molar-refractivity contribution is 9.10. The van der Waals surface area contributed by atoms with Crippen molar-refractivity contribution < 1.29 is 18.9 Å². The van der Waals surface area contributed by atoms with Crippen LogP contribution in [0.15, 0.2) is 56.5 Å². The van der Waals surface area contributed by atoms with Crippen molar-refractivity contribution in [3.05, 3.63) is 62.8 Å². The summed E-state index contributed by atoms with van der Waals surface area (Å²) < 4.78 is 6.29. The zero-order valence-electron chi connectivity index (χ0n) is 16.1. The molecule has 3 fully saturated rings. The van der Waals surface area contributed by atoms with Crippen LogP contribution in [-0.4, -0.2) is 28.0 Å². The van der Waals surface area contributed by atoms with Gasteiger partial charge in [-0.25, -0.2) is 0 Å². The van der Waals surface area contributed by atoms with Crippen molar-refractivity contribution >= 4 is 39.6 Å². The van der Waals surface area contributed by atoms with E-state index in [-0.39, 0.29) is 41.2 Å². The maximum Gasteiger partial charge on any atom is 0.270 e. The average molecular weight is 482 g/mol. The van der Waals surface area contributed by atoms with Crippen molar-refractivity contribution in [3.63, 3.8) is 0 Å². The number of furan rings is 1. The van der Waals surface area contributed by atoms with E-state index in [0.717, 1.165) is 11.4 Å². The molecule has 156 valence electrons. The summed E-state index contributed by atoms with van der Waals surface area (Å²) in [5.74, 6) is 1.25. The molecule has 0 unspecified atom stereocenters. The van der Waals surface area contributed by atoms with Crippen LogP contribution in [0.3, 0.4) is 0 Å². The molecule has 2 aromatic rings. The van der Waals surface area contributed by atoms with Gasteiger partial charge in [-0.15, -0.1) is 0 Å². The number of carbonyl (C=O) groups is 2. The summed E-state index contributed by atoms with van der Waals surface area (Å²) in [4.78, 5) is 36.3. The summed E-state index contributed by atoms with van der Waals surface area (Å²) >= 11 is 3.33. The maximum atomic E-state index is 12.9. The van der Waals surface area contributed by atoms with Gasteiger partial charge in [-0.05, 0) is 64.2 Å². The van der Waals surface area contributed by atoms with E-state index in [2.05, 4.69) is 33.2 Å². The molecule has 4 aliphatic carbocycles. The number of rotatable bonds is 4. The predicted octanol–water partition coefficient (Wildman–Crippen LogP) is 4.00. The zero-order chi connectivity index (χ0) is 21.4. The molecule has 2 saturated carbocycles. The Bertz CT molecular complexity index is 1180. The quantitative estimate of drug-likeness (QED) is 0.215. The first kappa shape index (κ1) is 18.7. The number of nitrogens with zero attached hydrogens (tertiary/aromatic N) is 3. The lowest BCUT2D eigenvalue weighted by atomic mass is 9.63. The highest BCUT2D eigenvalue weighted by Gasteiger charge is 2.67. The minimum absolute atomic E-state index is 0.0300. The van der Waals surface area contributed by atoms with Crippen molar-refractivity contribution in [2.45, 2.75) is 6.42 Å². The topological polar surface area (TPSA) is 106 Å². The van der Waals surface area contributed by atoms with Crippen molar-refractivity contribution in [1.29, 1.82) is 0 Å². The lowest BCUT2D eigenvalue weighted by Gasteiger charge is -2.37. The van der Waals surface area contributed by atoms with E-state index in [1.807, 2.05) is 0 Å². The van der Waals surface area contributed by atoms with Gasteiger partial charge in [-0.1, -0.05) is 12.2 Å². The number of benzene rings is 1. The van der Waals surface area contributed by atoms with Crippen LogP contribution in [0.1, 0.15) is 12.2 Å². The lowest BCUT2D eigenvalue weighted by molar-refractivity contribution is -0.384. The molecule has 0 spiro atoms. The number of hydrogen-bond donors (Lipinski definition) is 0. The molecule has 1 aromatic heterocycles. The van der Waals surface area contributed by atoms with Gasteiger partial charge < -0.3 is 4.42 Å². The normalized spacial score (nSPS) is 32.6. The molecule has 31 heavy (non-hydrogen) atoms. The van der Waals surface area contributed by atoms with Crippen LogP contribution >= 0.6 is 15.9 Å². The summed E-state index contributed by atoms with van der Waals surface area (Å²) in [5.41, 5.74) is 0.615. The van der Waals surface area contributed by atoms with Gasteiger partial charge in [0, 0.05) is 22.2 Å². The van der Waals surface area contributed by atoms with E-state index in [1.165, 1.54) is 18.3 Å². The number of nitro groups is 1. The van der Waals surface area contributed by atoms with E-state index >= 15 is 0 Å². The van der Waals surface area contributed by atoms with Gasteiger partial charge >= 0.3 is 0 Å². The fourth-order valence-corrected chi connectivity index (χ4v) is 6.12. The summed E-state index contributed by atoms with van der Waals surface area (Å²) in [7, 11) is 0. The molecule has 8 nitrogen and oxygen atoms in total. The van der Waals surface area contributed by atoms with Crippen LogP contribution in [0.25, 0.3) is 11.3 Å². The van der Waals surface area contributed by atoms with Crippen molar-refractivity contribution in [1.82, 2.24) is 5.01 Å². The molecule has 1 aliphatic heterocycles. The third kappa shape index (κ3) is 2.69. The third-order valence-electron chi connectivity index (χ3n) is 7.00. The van der Waals surface area contributed by atoms with E-state index in [4.69, 9.17) is 4.42 Å². The minimum atomic E-state index is -0.471. The largest absolute Gasteiger partial charge is 0.455 e. The number of hydrazone groups is 1. The summed E-state index contributed by atoms with van der Waals surface area (Å²) in [6.07, 6.45) is 6.73. The van der Waals surface area contributed by atoms with E-state index < -0.39 is 4.92 Å². The number of imide groups is 1. The molecular weight excluding hydrogens is 466 g/mol. The third-order valence-corrected chi connectivity index (χ3v) is 7.65. The average Bonchev–Trinajstić information content (AvgIpc) is 3.40. The standard InChI is InChI=1S/C22H16BrN3O5/c23-17-7-10(26(29)30)1-3-14(17)18-6-2-11(31-18)9-24-25-21(27)19-12-4-5-13(16-8-15(12)16)20(19)22(25)28/h1-7,9,12-13,15-16,19-20H,8H2/b24-9-/t12-,13+,15+,16-,19-,20+. The van der Waals surface area contributed by atoms with Crippen LogP contribution in [-0.2, 0) is 9.59 Å². The second-order valence-electron chi connectivity index (χ2n) is 8.51. The first-order chi connectivity index (χ1) is 14.9. The van der Waals surface area contributed by atoms with E-state index in [0.29, 0.717) is 33.4 Å². The van der Waals surface area contributed by atoms with Crippen LogP contribution in [0.5, 0.6) is 0 Å². The minimum Gasteiger partial charge on any atom is -0.455 e. The summed E-state index contributed by atoms with van der Waals surface area (Å²) in [6.45, 7) is 0. The number of allylic oxidation sites excluding steroid dienone is 2. The smallest absolute Gasteiger partial charge is 0.270 e. The molecule has 2 bridgehead atoms. The Morgan fingerprint density at radius 3 is 2.39 bits per heavy atom. The first-order valence-corrected chi connectivity index (χ1v) is 10.9. The van der Waals surface area contributed by atoms with Gasteiger partial charge in [-0.2, -0.15) is 10.1 Å². The molecule has 0 N–H and O–H groups in total. The molecule has 2 heterocycles. The Kier molecular flexibility index (Phi) is 3.89. The summed E-state index contributed by atoms with van der Waals surface area (Å²) in [6, 6.07) is 7.77. The molecule has 6 atom stereocenters. The molecule has 9 heteroatoms. The Morgan fingerprint density at radius 2 is 1.77 bits per heavy atom. The van der Waals surface area contributed by atoms with Gasteiger partial charge in [0.15, 0.2) is 0 Å². The molecule has 2 amide bonds. The highest BCUT2D eigenvalue weighted by Crippen LogP contribution is 2.65. The Labute approximate surface area is 184 Å². The SMILES string of the molecule is O=C1[C@@H]2[C@@H]3C=C[C@@H]([C@H]4C[C@@H]34)[C@@H]2C(=O)N1/N=C\c1ccc(-c2ccc([N+](=O)[O-])cc2Br)o1. The lowest BCUT2D eigenvalue weighted by Crippen LogP contribution is -2.40. The highest BCUT2D eigenvalue weighted by atomic mass is 79.9. The van der Waals surface area contributed by atoms with Gasteiger partial charge in [0.25, 0.3) is 17.5 Å². The van der Waals surface area contributed by atoms with Gasteiger partial charge in [0.1, 0.15) is 11.5 Å². The molecule has 1 aromatic carbocycles. The van der Waals surface area contributed by atoms with Crippen LogP contribution in [0.4, 0.5) is 5.69 Å². The maximum absolute atomic E-state index is 12.9. The fraction of sp³-hybridized carbons (Fsp3) is 0.318. The van der Waals surface area contributed by atoms with Crippen molar-refractivity contribution in [2.24, 2.45) is 40.6 Å².